The number of urea groups is 1. The lowest BCUT2D eigenvalue weighted by molar-refractivity contribution is -0.146. The molecule has 0 radical (unpaired) electrons. The van der Waals surface area contributed by atoms with Crippen LogP contribution < -0.4 is 10.1 Å². The average Bonchev–Trinajstić information content (AvgIpc) is 2.96. The number of carbonyl (C=O) groups is 4. The van der Waals surface area contributed by atoms with Gasteiger partial charge in [0.1, 0.15) is 23.7 Å². The molecule has 1 heterocycles. The summed E-state index contributed by atoms with van der Waals surface area (Å²) in [7, 11) is 1.32. The summed E-state index contributed by atoms with van der Waals surface area (Å²) >= 11 is 0. The first-order chi connectivity index (χ1) is 14.3. The van der Waals surface area contributed by atoms with Crippen LogP contribution >= 0.6 is 0 Å². The standard InChI is InChI=1S/C21H19FN2O6/c1-21(13-6-4-3-5-7-13)19(27)24(20(28)23-21)11-18(26)30-12-16(25)15-10-14(22)8-9-17(15)29-2/h3-10H,11-12H2,1-2H3,(H,23,28)/t21-/m0/s1. The molecular formula is C21H19FN2O6. The van der Waals surface area contributed by atoms with Crippen LogP contribution in [0.2, 0.25) is 0 Å². The number of hydrogen-bond donors (Lipinski definition) is 1. The van der Waals surface area contributed by atoms with Crippen LogP contribution in [0.1, 0.15) is 22.8 Å². The van der Waals surface area contributed by atoms with E-state index < -0.39 is 48.2 Å². The summed E-state index contributed by atoms with van der Waals surface area (Å²) in [6, 6.07) is 11.2. The van der Waals surface area contributed by atoms with E-state index >= 15 is 0 Å². The van der Waals surface area contributed by atoms with Crippen molar-refractivity contribution < 1.29 is 33.0 Å². The number of methoxy groups -OCH3 is 1. The number of carbonyl (C=O) groups excluding carboxylic acids is 4. The number of rotatable bonds is 7. The number of ketones is 1. The lowest BCUT2D eigenvalue weighted by Gasteiger charge is -2.21. The molecule has 1 aliphatic heterocycles. The van der Waals surface area contributed by atoms with Gasteiger partial charge in [-0.05, 0) is 30.7 Å². The first-order valence-corrected chi connectivity index (χ1v) is 8.98. The molecule has 1 fully saturated rings. The Balaban J connectivity index is 1.64. The van der Waals surface area contributed by atoms with Gasteiger partial charge in [-0.1, -0.05) is 30.3 Å². The molecule has 30 heavy (non-hydrogen) atoms. The Labute approximate surface area is 171 Å². The fourth-order valence-electron chi connectivity index (χ4n) is 3.10. The Morgan fingerprint density at radius 3 is 2.50 bits per heavy atom. The van der Waals surface area contributed by atoms with Crippen LogP contribution in [0.15, 0.2) is 48.5 Å². The van der Waals surface area contributed by atoms with Gasteiger partial charge in [0.25, 0.3) is 5.91 Å². The number of nitrogens with one attached hydrogen (secondary N) is 1. The number of nitrogens with zero attached hydrogens (tertiary/aromatic N) is 1. The Morgan fingerprint density at radius 2 is 1.83 bits per heavy atom. The summed E-state index contributed by atoms with van der Waals surface area (Å²) in [4.78, 5) is 50.1. The van der Waals surface area contributed by atoms with Crippen molar-refractivity contribution in [2.24, 2.45) is 0 Å². The molecule has 0 unspecified atom stereocenters. The van der Waals surface area contributed by atoms with Crippen molar-refractivity contribution >= 4 is 23.7 Å². The third-order valence-electron chi connectivity index (χ3n) is 4.74. The molecule has 1 atom stereocenters. The number of imide groups is 1. The van der Waals surface area contributed by atoms with Crippen molar-refractivity contribution in [3.05, 3.63) is 65.5 Å². The van der Waals surface area contributed by atoms with Crippen molar-refractivity contribution in [3.63, 3.8) is 0 Å². The van der Waals surface area contributed by atoms with Gasteiger partial charge in [0.15, 0.2) is 6.61 Å². The lowest BCUT2D eigenvalue weighted by atomic mass is 9.92. The van der Waals surface area contributed by atoms with E-state index in [4.69, 9.17) is 9.47 Å². The molecule has 0 saturated carbocycles. The van der Waals surface area contributed by atoms with Gasteiger partial charge in [0.2, 0.25) is 5.78 Å². The van der Waals surface area contributed by atoms with E-state index in [1.54, 1.807) is 30.3 Å². The number of benzene rings is 2. The zero-order valence-corrected chi connectivity index (χ0v) is 16.3. The Kier molecular flexibility index (Phi) is 5.81. The molecule has 156 valence electrons. The molecule has 0 aromatic heterocycles. The van der Waals surface area contributed by atoms with Crippen molar-refractivity contribution in [1.29, 1.82) is 0 Å². The van der Waals surface area contributed by atoms with Crippen LogP contribution in [-0.4, -0.2) is 48.9 Å². The molecule has 8 nitrogen and oxygen atoms in total. The number of Topliss-reactive ketones (excluding diaryl/α,β-unsaturated/α-hetero) is 1. The van der Waals surface area contributed by atoms with Gasteiger partial charge in [0.05, 0.1) is 12.7 Å². The molecule has 3 rings (SSSR count). The maximum Gasteiger partial charge on any atom is 0.326 e. The minimum atomic E-state index is -1.32. The highest BCUT2D eigenvalue weighted by molar-refractivity contribution is 6.09. The molecule has 0 aliphatic carbocycles. The molecule has 9 heteroatoms. The van der Waals surface area contributed by atoms with Crippen molar-refractivity contribution in [2.45, 2.75) is 12.5 Å². The number of hydrogen-bond acceptors (Lipinski definition) is 6. The SMILES string of the molecule is COc1ccc(F)cc1C(=O)COC(=O)CN1C(=O)N[C@@](C)(c2ccccc2)C1=O. The summed E-state index contributed by atoms with van der Waals surface area (Å²) in [6.45, 7) is 0.173. The second kappa shape index (κ2) is 8.32. The van der Waals surface area contributed by atoms with Gasteiger partial charge >= 0.3 is 12.0 Å². The zero-order chi connectivity index (χ0) is 21.9. The normalized spacial score (nSPS) is 18.2. The van der Waals surface area contributed by atoms with Crippen molar-refractivity contribution in [3.8, 4) is 5.75 Å². The predicted molar refractivity (Wildman–Crippen MR) is 102 cm³/mol. The zero-order valence-electron chi connectivity index (χ0n) is 16.3. The molecule has 0 spiro atoms. The highest BCUT2D eigenvalue weighted by Gasteiger charge is 2.49. The Morgan fingerprint density at radius 1 is 1.13 bits per heavy atom. The van der Waals surface area contributed by atoms with Crippen molar-refractivity contribution in [1.82, 2.24) is 10.2 Å². The lowest BCUT2D eigenvalue weighted by Crippen LogP contribution is -2.41. The molecule has 2 aromatic rings. The summed E-state index contributed by atoms with van der Waals surface area (Å²) in [6.07, 6.45) is 0. The van der Waals surface area contributed by atoms with Gasteiger partial charge in [-0.15, -0.1) is 0 Å². The number of esters is 1. The molecule has 2 aromatic carbocycles. The molecule has 1 N–H and O–H groups in total. The summed E-state index contributed by atoms with van der Waals surface area (Å²) < 4.78 is 23.3. The summed E-state index contributed by atoms with van der Waals surface area (Å²) in [5.74, 6) is -2.78. The van der Waals surface area contributed by atoms with Crippen LogP contribution in [0.4, 0.5) is 9.18 Å². The molecule has 1 saturated heterocycles. The third kappa shape index (κ3) is 4.00. The second-order valence-corrected chi connectivity index (χ2v) is 6.74. The number of ether oxygens (including phenoxy) is 2. The van der Waals surface area contributed by atoms with Gasteiger partial charge in [-0.25, -0.2) is 9.18 Å². The molecule has 1 aliphatic rings. The smallest absolute Gasteiger partial charge is 0.326 e. The molecule has 3 amide bonds. The summed E-state index contributed by atoms with van der Waals surface area (Å²) in [5, 5.41) is 2.57. The first kappa shape index (κ1) is 21.0. The van der Waals surface area contributed by atoms with E-state index in [9.17, 15) is 23.6 Å². The minimum absolute atomic E-state index is 0.0862. The highest BCUT2D eigenvalue weighted by Crippen LogP contribution is 2.28. The maximum absolute atomic E-state index is 13.4. The minimum Gasteiger partial charge on any atom is -0.496 e. The maximum atomic E-state index is 13.4. The first-order valence-electron chi connectivity index (χ1n) is 8.98. The van der Waals surface area contributed by atoms with E-state index in [-0.39, 0.29) is 11.3 Å². The average molecular weight is 414 g/mol. The number of amides is 3. The van der Waals surface area contributed by atoms with E-state index in [1.165, 1.54) is 20.1 Å². The fourth-order valence-corrected chi connectivity index (χ4v) is 3.10. The fraction of sp³-hybridized carbons (Fsp3) is 0.238. The van der Waals surface area contributed by atoms with E-state index in [0.29, 0.717) is 5.56 Å². The Hall–Kier alpha value is -3.75. The molecular weight excluding hydrogens is 395 g/mol. The second-order valence-electron chi connectivity index (χ2n) is 6.74. The van der Waals surface area contributed by atoms with Gasteiger partial charge < -0.3 is 14.8 Å². The predicted octanol–water partition coefficient (Wildman–Crippen LogP) is 2.03. The summed E-state index contributed by atoms with van der Waals surface area (Å²) in [5.41, 5.74) is -0.840. The largest absolute Gasteiger partial charge is 0.496 e. The van der Waals surface area contributed by atoms with Crippen LogP contribution in [0.5, 0.6) is 5.75 Å². The van der Waals surface area contributed by atoms with Gasteiger partial charge in [-0.2, -0.15) is 0 Å². The highest BCUT2D eigenvalue weighted by atomic mass is 19.1. The van der Waals surface area contributed by atoms with Crippen LogP contribution in [0, 0.1) is 5.82 Å². The Bertz CT molecular complexity index is 1010. The van der Waals surface area contributed by atoms with Gasteiger partial charge in [0, 0.05) is 0 Å². The van der Waals surface area contributed by atoms with E-state index in [0.717, 1.165) is 17.0 Å². The molecule has 0 bridgehead atoms. The van der Waals surface area contributed by atoms with Crippen LogP contribution in [0.3, 0.4) is 0 Å². The monoisotopic (exact) mass is 414 g/mol. The van der Waals surface area contributed by atoms with Gasteiger partial charge in [-0.3, -0.25) is 19.3 Å². The van der Waals surface area contributed by atoms with E-state index in [2.05, 4.69) is 5.32 Å². The third-order valence-corrected chi connectivity index (χ3v) is 4.74. The van der Waals surface area contributed by atoms with Crippen LogP contribution in [0.25, 0.3) is 0 Å². The van der Waals surface area contributed by atoms with E-state index in [1.807, 2.05) is 0 Å². The van der Waals surface area contributed by atoms with Crippen molar-refractivity contribution in [2.75, 3.05) is 20.3 Å². The number of halogens is 1. The topological polar surface area (TPSA) is 102 Å². The van der Waals surface area contributed by atoms with Crippen LogP contribution in [-0.2, 0) is 19.9 Å². The quantitative estimate of drug-likeness (QED) is 0.423.